The van der Waals surface area contributed by atoms with Gasteiger partial charge in [0.25, 0.3) is 5.91 Å². The third kappa shape index (κ3) is 6.11. The average molecular weight is 434 g/mol. The quantitative estimate of drug-likeness (QED) is 0.554. The minimum Gasteiger partial charge on any atom is -0.481 e. The van der Waals surface area contributed by atoms with E-state index in [-0.39, 0.29) is 31.4 Å². The summed E-state index contributed by atoms with van der Waals surface area (Å²) in [5.74, 6) is 3.66. The number of carboxylic acid groups (broad SMARTS) is 1. The van der Waals surface area contributed by atoms with Crippen molar-refractivity contribution in [1.29, 1.82) is 0 Å². The number of carbonyl (C=O) groups excluding carboxylic acids is 2. The fourth-order valence-electron chi connectivity index (χ4n) is 3.67. The summed E-state index contributed by atoms with van der Waals surface area (Å²) in [5, 5.41) is 13.8. The summed E-state index contributed by atoms with van der Waals surface area (Å²) in [7, 11) is 0. The molecular formula is C25H26N2O5. The van der Waals surface area contributed by atoms with E-state index in [2.05, 4.69) is 34.6 Å². The number of benzene rings is 2. The molecule has 1 atom stereocenters. The fraction of sp³-hybridized carbons (Fsp3) is 0.320. The largest absolute Gasteiger partial charge is 0.481 e. The number of nitrogens with one attached hydrogen (secondary N) is 2. The third-order valence-corrected chi connectivity index (χ3v) is 5.33. The molecule has 1 aliphatic rings. The second-order valence-corrected chi connectivity index (χ2v) is 7.73. The van der Waals surface area contributed by atoms with Crippen molar-refractivity contribution in [2.75, 3.05) is 19.7 Å². The molecular weight excluding hydrogens is 408 g/mol. The van der Waals surface area contributed by atoms with Crippen LogP contribution in [0.2, 0.25) is 0 Å². The first-order chi connectivity index (χ1) is 15.5. The second kappa shape index (κ2) is 11.0. The van der Waals surface area contributed by atoms with E-state index in [1.165, 1.54) is 0 Å². The Morgan fingerprint density at radius 3 is 2.28 bits per heavy atom. The van der Waals surface area contributed by atoms with Gasteiger partial charge in [-0.1, -0.05) is 61.4 Å². The van der Waals surface area contributed by atoms with Gasteiger partial charge in [0.15, 0.2) is 0 Å². The van der Waals surface area contributed by atoms with Gasteiger partial charge in [-0.3, -0.25) is 9.59 Å². The molecule has 1 unspecified atom stereocenters. The maximum atomic E-state index is 12.1. The molecule has 3 rings (SSSR count). The highest BCUT2D eigenvalue weighted by Gasteiger charge is 2.28. The van der Waals surface area contributed by atoms with Crippen LogP contribution in [0.1, 0.15) is 36.8 Å². The monoisotopic (exact) mass is 434 g/mol. The summed E-state index contributed by atoms with van der Waals surface area (Å²) in [4.78, 5) is 34.3. The Hall–Kier alpha value is -3.79. The predicted octanol–water partition coefficient (Wildman–Crippen LogP) is 3.15. The molecule has 0 spiro atoms. The lowest BCUT2D eigenvalue weighted by Gasteiger charge is -2.14. The number of amides is 2. The molecule has 2 aromatic carbocycles. The number of hydrogen-bond donors (Lipinski definition) is 3. The first-order valence-corrected chi connectivity index (χ1v) is 10.5. The van der Waals surface area contributed by atoms with E-state index in [1.807, 2.05) is 43.3 Å². The van der Waals surface area contributed by atoms with Crippen LogP contribution in [0.25, 0.3) is 11.1 Å². The van der Waals surface area contributed by atoms with Gasteiger partial charge in [-0.2, -0.15) is 0 Å². The zero-order valence-corrected chi connectivity index (χ0v) is 17.9. The minimum atomic E-state index is -0.859. The lowest BCUT2D eigenvalue weighted by Crippen LogP contribution is -2.28. The van der Waals surface area contributed by atoms with Crippen molar-refractivity contribution in [2.24, 2.45) is 5.92 Å². The highest BCUT2D eigenvalue weighted by Crippen LogP contribution is 2.44. The van der Waals surface area contributed by atoms with E-state index >= 15 is 0 Å². The maximum absolute atomic E-state index is 12.1. The van der Waals surface area contributed by atoms with E-state index in [0.717, 1.165) is 22.3 Å². The molecule has 1 aliphatic carbocycles. The normalized spacial score (nSPS) is 12.5. The van der Waals surface area contributed by atoms with Crippen molar-refractivity contribution in [3.05, 3.63) is 59.7 Å². The molecule has 2 aromatic rings. The van der Waals surface area contributed by atoms with Gasteiger partial charge in [-0.25, -0.2) is 4.79 Å². The molecule has 0 aliphatic heterocycles. The molecule has 0 saturated heterocycles. The van der Waals surface area contributed by atoms with Crippen LogP contribution in [-0.2, 0) is 14.3 Å². The second-order valence-electron chi connectivity index (χ2n) is 7.73. The van der Waals surface area contributed by atoms with Gasteiger partial charge in [0.1, 0.15) is 6.61 Å². The van der Waals surface area contributed by atoms with Gasteiger partial charge < -0.3 is 20.5 Å². The van der Waals surface area contributed by atoms with Crippen LogP contribution in [0.3, 0.4) is 0 Å². The third-order valence-electron chi connectivity index (χ3n) is 5.33. The molecule has 3 N–H and O–H groups in total. The van der Waals surface area contributed by atoms with E-state index < -0.39 is 18.0 Å². The van der Waals surface area contributed by atoms with Crippen molar-refractivity contribution < 1.29 is 24.2 Å². The van der Waals surface area contributed by atoms with Gasteiger partial charge in [0, 0.05) is 18.9 Å². The van der Waals surface area contributed by atoms with Crippen molar-refractivity contribution in [3.63, 3.8) is 0 Å². The molecule has 0 bridgehead atoms. The smallest absolute Gasteiger partial charge is 0.407 e. The minimum absolute atomic E-state index is 0.0152. The topological polar surface area (TPSA) is 105 Å². The first kappa shape index (κ1) is 22.9. The Morgan fingerprint density at radius 1 is 1.03 bits per heavy atom. The van der Waals surface area contributed by atoms with E-state index in [0.29, 0.717) is 13.0 Å². The Bertz CT molecular complexity index is 1010. The van der Waals surface area contributed by atoms with E-state index in [9.17, 15) is 14.4 Å². The van der Waals surface area contributed by atoms with Gasteiger partial charge in [0.05, 0.1) is 6.54 Å². The zero-order chi connectivity index (χ0) is 22.9. The summed E-state index contributed by atoms with van der Waals surface area (Å²) in [6.45, 7) is 2.40. The Balaban J connectivity index is 1.41. The molecule has 0 heterocycles. The van der Waals surface area contributed by atoms with Crippen molar-refractivity contribution in [2.45, 2.75) is 25.7 Å². The van der Waals surface area contributed by atoms with Crippen molar-refractivity contribution >= 4 is 18.0 Å². The van der Waals surface area contributed by atoms with Crippen LogP contribution in [-0.4, -0.2) is 42.8 Å². The van der Waals surface area contributed by atoms with Crippen LogP contribution in [0.5, 0.6) is 0 Å². The summed E-state index contributed by atoms with van der Waals surface area (Å²) in [6, 6.07) is 16.2. The van der Waals surface area contributed by atoms with Crippen LogP contribution in [0, 0.1) is 17.8 Å². The number of fused-ring (bicyclic) bond motifs is 3. The lowest BCUT2D eigenvalue weighted by atomic mass is 9.98. The molecule has 0 saturated carbocycles. The standard InChI is InChI=1S/C25H26N2O5/c1-17(12-13-24(29)30)15-27-23(28)11-6-14-26-25(31)32-16-22-20-9-4-2-7-18(20)19-8-3-5-10-21(19)22/h2-5,7-10,17,22H,12-16H2,1H3,(H,26,31)(H,27,28)(H,29,30). The number of alkyl carbamates (subject to hydrolysis) is 1. The maximum Gasteiger partial charge on any atom is 0.407 e. The lowest BCUT2D eigenvalue weighted by molar-refractivity contribution is -0.137. The number of ether oxygens (including phenoxy) is 1. The molecule has 0 fully saturated rings. The summed E-state index contributed by atoms with van der Waals surface area (Å²) in [5.41, 5.74) is 4.59. The highest BCUT2D eigenvalue weighted by molar-refractivity contribution is 5.93. The molecule has 2 amide bonds. The molecule has 166 valence electrons. The van der Waals surface area contributed by atoms with Crippen molar-refractivity contribution in [1.82, 2.24) is 10.6 Å². The Morgan fingerprint density at radius 2 is 1.66 bits per heavy atom. The summed E-state index contributed by atoms with van der Waals surface area (Å²) in [6.07, 6.45) is -0.0528. The fourth-order valence-corrected chi connectivity index (χ4v) is 3.67. The molecule has 0 aromatic heterocycles. The SMILES string of the molecule is CC(CCC(=O)O)CNC(=O)C#CCNC(=O)OCC1c2ccccc2-c2ccccc21. The number of carbonyl (C=O) groups is 3. The van der Waals surface area contributed by atoms with E-state index in [4.69, 9.17) is 9.84 Å². The number of hydrogen-bond acceptors (Lipinski definition) is 4. The van der Waals surface area contributed by atoms with Gasteiger partial charge in [0.2, 0.25) is 0 Å². The van der Waals surface area contributed by atoms with Gasteiger partial charge in [-0.05, 0) is 40.5 Å². The van der Waals surface area contributed by atoms with Crippen LogP contribution in [0.15, 0.2) is 48.5 Å². The van der Waals surface area contributed by atoms with Crippen LogP contribution < -0.4 is 10.6 Å². The Kier molecular flexibility index (Phi) is 7.87. The molecule has 7 nitrogen and oxygen atoms in total. The van der Waals surface area contributed by atoms with Crippen LogP contribution >= 0.6 is 0 Å². The van der Waals surface area contributed by atoms with E-state index in [1.54, 1.807) is 0 Å². The zero-order valence-electron chi connectivity index (χ0n) is 17.9. The predicted molar refractivity (Wildman–Crippen MR) is 120 cm³/mol. The Labute approximate surface area is 187 Å². The molecule has 7 heteroatoms. The number of rotatable bonds is 8. The number of carboxylic acids is 1. The van der Waals surface area contributed by atoms with Gasteiger partial charge in [-0.15, -0.1) is 0 Å². The summed E-state index contributed by atoms with van der Waals surface area (Å²) >= 11 is 0. The van der Waals surface area contributed by atoms with Gasteiger partial charge >= 0.3 is 12.1 Å². The summed E-state index contributed by atoms with van der Waals surface area (Å²) < 4.78 is 5.41. The number of aliphatic carboxylic acids is 1. The molecule has 0 radical (unpaired) electrons. The average Bonchev–Trinajstić information content (AvgIpc) is 3.11. The highest BCUT2D eigenvalue weighted by atomic mass is 16.5. The molecule has 32 heavy (non-hydrogen) atoms. The van der Waals surface area contributed by atoms with Crippen molar-refractivity contribution in [3.8, 4) is 23.0 Å². The first-order valence-electron chi connectivity index (χ1n) is 10.5. The van der Waals surface area contributed by atoms with Crippen LogP contribution in [0.4, 0.5) is 4.79 Å².